The number of hydrogen-bond donors (Lipinski definition) is 1. The van der Waals surface area contributed by atoms with Crippen LogP contribution < -0.4 is 0 Å². The first kappa shape index (κ1) is 9.84. The van der Waals surface area contributed by atoms with Gasteiger partial charge in [-0.05, 0) is 17.9 Å². The minimum absolute atomic E-state index is 0.0541. The van der Waals surface area contributed by atoms with Crippen LogP contribution in [0.15, 0.2) is 16.9 Å². The van der Waals surface area contributed by atoms with Crippen LogP contribution in [-0.2, 0) is 17.6 Å². The molecule has 13 heavy (non-hydrogen) atoms. The largest absolute Gasteiger partial charge is 0.481 e. The highest BCUT2D eigenvalue weighted by atomic mass is 16.4. The molecule has 0 spiro atoms. The zero-order chi connectivity index (χ0) is 9.84. The summed E-state index contributed by atoms with van der Waals surface area (Å²) in [6.45, 7) is 4.19. The van der Waals surface area contributed by atoms with Crippen LogP contribution in [0.3, 0.4) is 0 Å². The van der Waals surface area contributed by atoms with Crippen LogP contribution in [0.5, 0.6) is 0 Å². The summed E-state index contributed by atoms with van der Waals surface area (Å²) < 4.78 is 4.98. The van der Waals surface area contributed by atoms with E-state index in [4.69, 9.17) is 9.52 Å². The maximum atomic E-state index is 10.5. The van der Waals surface area contributed by atoms with Gasteiger partial charge in [0.25, 0.3) is 0 Å². The number of carboxylic acid groups (broad SMARTS) is 1. The molecule has 0 fully saturated rings. The highest BCUT2D eigenvalue weighted by Crippen LogP contribution is 2.15. The Morgan fingerprint density at radius 3 is 2.62 bits per heavy atom. The standard InChI is InChI=1S/C10H14O3/c1-7(2)3-8-5-13-6-9(8)4-10(11)12/h5-7H,3-4H2,1-2H3,(H,11,12). The fourth-order valence-corrected chi connectivity index (χ4v) is 1.29. The Labute approximate surface area is 77.4 Å². The van der Waals surface area contributed by atoms with Crippen molar-refractivity contribution in [2.24, 2.45) is 5.92 Å². The van der Waals surface area contributed by atoms with Crippen molar-refractivity contribution < 1.29 is 14.3 Å². The molecule has 1 aromatic rings. The molecule has 72 valence electrons. The van der Waals surface area contributed by atoms with Gasteiger partial charge in [0, 0.05) is 5.56 Å². The highest BCUT2D eigenvalue weighted by molar-refractivity contribution is 5.70. The smallest absolute Gasteiger partial charge is 0.307 e. The molecule has 3 heteroatoms. The summed E-state index contributed by atoms with van der Waals surface area (Å²) >= 11 is 0. The predicted molar refractivity (Wildman–Crippen MR) is 48.6 cm³/mol. The molecule has 0 aliphatic carbocycles. The number of rotatable bonds is 4. The molecule has 0 unspecified atom stereocenters. The van der Waals surface area contributed by atoms with Gasteiger partial charge >= 0.3 is 5.97 Å². The highest BCUT2D eigenvalue weighted by Gasteiger charge is 2.10. The molecule has 0 aliphatic heterocycles. The van der Waals surface area contributed by atoms with E-state index in [0.717, 1.165) is 17.5 Å². The van der Waals surface area contributed by atoms with E-state index < -0.39 is 5.97 Å². The summed E-state index contributed by atoms with van der Waals surface area (Å²) in [5, 5.41) is 8.60. The second-order valence-corrected chi connectivity index (χ2v) is 3.59. The van der Waals surface area contributed by atoms with Gasteiger partial charge in [-0.1, -0.05) is 13.8 Å². The summed E-state index contributed by atoms with van der Waals surface area (Å²) in [6.07, 6.45) is 4.09. The zero-order valence-corrected chi connectivity index (χ0v) is 7.91. The maximum Gasteiger partial charge on any atom is 0.307 e. The fraction of sp³-hybridized carbons (Fsp3) is 0.500. The molecule has 1 rings (SSSR count). The molecule has 0 amide bonds. The topological polar surface area (TPSA) is 50.4 Å². The van der Waals surface area contributed by atoms with Crippen LogP contribution >= 0.6 is 0 Å². The van der Waals surface area contributed by atoms with Gasteiger partial charge in [0.1, 0.15) is 0 Å². The Kier molecular flexibility index (Phi) is 3.12. The van der Waals surface area contributed by atoms with E-state index in [0.29, 0.717) is 5.92 Å². The lowest BCUT2D eigenvalue weighted by Crippen LogP contribution is -2.03. The van der Waals surface area contributed by atoms with Crippen molar-refractivity contribution in [1.29, 1.82) is 0 Å². The van der Waals surface area contributed by atoms with E-state index in [2.05, 4.69) is 13.8 Å². The van der Waals surface area contributed by atoms with Crippen molar-refractivity contribution in [3.8, 4) is 0 Å². The molecular formula is C10H14O3. The van der Waals surface area contributed by atoms with E-state index in [1.54, 1.807) is 6.26 Å². The predicted octanol–water partition coefficient (Wildman–Crippen LogP) is 2.11. The normalized spacial score (nSPS) is 10.7. The lowest BCUT2D eigenvalue weighted by Gasteiger charge is -2.03. The summed E-state index contributed by atoms with van der Waals surface area (Å²) in [4.78, 5) is 10.5. The van der Waals surface area contributed by atoms with Gasteiger partial charge in [-0.15, -0.1) is 0 Å². The number of hydrogen-bond acceptors (Lipinski definition) is 2. The van der Waals surface area contributed by atoms with Gasteiger partial charge < -0.3 is 9.52 Å². The number of furan rings is 1. The van der Waals surface area contributed by atoms with Gasteiger partial charge in [0.2, 0.25) is 0 Å². The van der Waals surface area contributed by atoms with Gasteiger partial charge in [0.15, 0.2) is 0 Å². The lowest BCUT2D eigenvalue weighted by atomic mass is 10.0. The Morgan fingerprint density at radius 2 is 2.08 bits per heavy atom. The van der Waals surface area contributed by atoms with Gasteiger partial charge in [0.05, 0.1) is 18.9 Å². The molecule has 0 radical (unpaired) electrons. The van der Waals surface area contributed by atoms with Crippen molar-refractivity contribution in [2.45, 2.75) is 26.7 Å². The second kappa shape index (κ2) is 4.12. The maximum absolute atomic E-state index is 10.5. The first-order chi connectivity index (χ1) is 6.09. The van der Waals surface area contributed by atoms with Crippen molar-refractivity contribution in [1.82, 2.24) is 0 Å². The molecule has 1 heterocycles. The molecule has 0 atom stereocenters. The molecular weight excluding hydrogens is 168 g/mol. The molecule has 3 nitrogen and oxygen atoms in total. The second-order valence-electron chi connectivity index (χ2n) is 3.59. The Balaban J connectivity index is 2.71. The SMILES string of the molecule is CC(C)Cc1cocc1CC(=O)O. The van der Waals surface area contributed by atoms with E-state index in [9.17, 15) is 4.79 Å². The number of carbonyl (C=O) groups is 1. The monoisotopic (exact) mass is 182 g/mol. The van der Waals surface area contributed by atoms with E-state index in [1.807, 2.05) is 0 Å². The van der Waals surface area contributed by atoms with Crippen LogP contribution in [0, 0.1) is 5.92 Å². The summed E-state index contributed by atoms with van der Waals surface area (Å²) in [5.74, 6) is -0.295. The Morgan fingerprint density at radius 1 is 1.46 bits per heavy atom. The molecule has 0 aliphatic rings. The van der Waals surface area contributed by atoms with Crippen molar-refractivity contribution in [2.75, 3.05) is 0 Å². The van der Waals surface area contributed by atoms with Gasteiger partial charge in [-0.25, -0.2) is 0 Å². The van der Waals surface area contributed by atoms with Crippen LogP contribution in [0.4, 0.5) is 0 Å². The lowest BCUT2D eigenvalue weighted by molar-refractivity contribution is -0.136. The molecule has 0 saturated carbocycles. The first-order valence-electron chi connectivity index (χ1n) is 4.35. The minimum atomic E-state index is -0.814. The third kappa shape index (κ3) is 2.93. The van der Waals surface area contributed by atoms with Gasteiger partial charge in [-0.2, -0.15) is 0 Å². The van der Waals surface area contributed by atoms with E-state index in [1.165, 1.54) is 6.26 Å². The average Bonchev–Trinajstić information content (AvgIpc) is 2.34. The fourth-order valence-electron chi connectivity index (χ4n) is 1.29. The van der Waals surface area contributed by atoms with E-state index >= 15 is 0 Å². The molecule has 1 N–H and O–H groups in total. The van der Waals surface area contributed by atoms with Gasteiger partial charge in [-0.3, -0.25) is 4.79 Å². The third-order valence-electron chi connectivity index (χ3n) is 1.80. The van der Waals surface area contributed by atoms with Crippen LogP contribution in [0.2, 0.25) is 0 Å². The quantitative estimate of drug-likeness (QED) is 0.775. The van der Waals surface area contributed by atoms with Crippen LogP contribution in [-0.4, -0.2) is 11.1 Å². The molecule has 0 saturated heterocycles. The summed E-state index contributed by atoms with van der Waals surface area (Å²) in [7, 11) is 0. The summed E-state index contributed by atoms with van der Waals surface area (Å²) in [5.41, 5.74) is 1.80. The molecule has 0 aromatic carbocycles. The van der Waals surface area contributed by atoms with Crippen LogP contribution in [0.1, 0.15) is 25.0 Å². The van der Waals surface area contributed by atoms with Crippen molar-refractivity contribution in [3.63, 3.8) is 0 Å². The zero-order valence-electron chi connectivity index (χ0n) is 7.91. The number of aliphatic carboxylic acids is 1. The van der Waals surface area contributed by atoms with Crippen molar-refractivity contribution in [3.05, 3.63) is 23.7 Å². The van der Waals surface area contributed by atoms with Crippen LogP contribution in [0.25, 0.3) is 0 Å². The summed E-state index contributed by atoms with van der Waals surface area (Å²) in [6, 6.07) is 0. The molecule has 0 bridgehead atoms. The molecule has 1 aromatic heterocycles. The Hall–Kier alpha value is -1.25. The van der Waals surface area contributed by atoms with E-state index in [-0.39, 0.29) is 6.42 Å². The minimum Gasteiger partial charge on any atom is -0.481 e. The average molecular weight is 182 g/mol. The number of carboxylic acids is 1. The first-order valence-corrected chi connectivity index (χ1v) is 4.35. The third-order valence-corrected chi connectivity index (χ3v) is 1.80. The Bertz CT molecular complexity index is 286. The van der Waals surface area contributed by atoms with Crippen molar-refractivity contribution >= 4 is 5.97 Å².